The molecule has 0 aromatic carbocycles. The molecule has 0 spiro atoms. The molecule has 1 rings (SSSR count). The number of aliphatic carboxylic acids is 1. The summed E-state index contributed by atoms with van der Waals surface area (Å²) in [5, 5.41) is 31.6. The molecule has 0 radical (unpaired) electrons. The standard InChI is InChI=1S/C69H114O12/c1-4-7-10-13-16-19-22-25-28-30-31-33-35-37-40-43-46-49-52-55-61(70)77-58-60(79-62(71)56-53-50-47-44-41-38-34-27-24-21-18-15-12-9-6-3)59-78-69-67(65(74)64(73)66(81-69)68(75)76)80-63(72)57-54-51-48-45-42-39-36-32-29-26-23-20-17-14-11-8-5-2/h9,12,17-18,20-21,25-29,34,41,44,50,53,60,64-67,69,73-74H,4-8,10-11,13-16,19,22-24,30-33,35-40,42-43,45-49,51-52,54-59H2,1-3H3,(H,75,76)/b12-9-,20-17-,21-18-,28-25-,29-26-,34-27-,44-41-,53-50-. The summed E-state index contributed by atoms with van der Waals surface area (Å²) in [5.74, 6) is -3.30. The van der Waals surface area contributed by atoms with Crippen molar-refractivity contribution in [3.8, 4) is 0 Å². The average Bonchev–Trinajstić information content (AvgIpc) is 3.53. The summed E-state index contributed by atoms with van der Waals surface area (Å²) >= 11 is 0. The van der Waals surface area contributed by atoms with Crippen molar-refractivity contribution in [3.05, 3.63) is 97.2 Å². The molecular weight excluding hydrogens is 1020 g/mol. The molecule has 1 heterocycles. The molecule has 0 aliphatic carbocycles. The maximum absolute atomic E-state index is 13.1. The SMILES string of the molecule is CC/C=C\C/C=C\C/C=C\C/C=C\C/C=C\CC(=O)OC(COC(=O)CCCCCCCCCCC/C=C\CCCCCCCC)COC1OC(C(=O)O)C(O)C(O)C1OC(=O)CCCCCCCCC/C=C\C/C=C\CCCCC. The van der Waals surface area contributed by atoms with E-state index in [1.165, 1.54) is 103 Å². The first-order valence-corrected chi connectivity index (χ1v) is 32.2. The van der Waals surface area contributed by atoms with Crippen molar-refractivity contribution in [2.75, 3.05) is 13.2 Å². The summed E-state index contributed by atoms with van der Waals surface area (Å²) < 4.78 is 28.4. The third kappa shape index (κ3) is 45.8. The largest absolute Gasteiger partial charge is 0.479 e. The number of aliphatic hydroxyl groups excluding tert-OH is 2. The zero-order valence-electron chi connectivity index (χ0n) is 51.0. The minimum atomic E-state index is -1.92. The maximum Gasteiger partial charge on any atom is 0.335 e. The fraction of sp³-hybridized carbons (Fsp3) is 0.710. The Kier molecular flexibility index (Phi) is 51.7. The number of carbonyl (C=O) groups excluding carboxylic acids is 3. The van der Waals surface area contributed by atoms with Gasteiger partial charge in [-0.25, -0.2) is 4.79 Å². The van der Waals surface area contributed by atoms with E-state index < -0.39 is 67.3 Å². The quantitative estimate of drug-likeness (QED) is 0.0228. The summed E-state index contributed by atoms with van der Waals surface area (Å²) in [7, 11) is 0. The molecule has 0 amide bonds. The van der Waals surface area contributed by atoms with Gasteiger partial charge < -0.3 is 39.0 Å². The summed E-state index contributed by atoms with van der Waals surface area (Å²) in [5.41, 5.74) is 0. The topological polar surface area (TPSA) is 175 Å². The highest BCUT2D eigenvalue weighted by Gasteiger charge is 2.50. The van der Waals surface area contributed by atoms with Gasteiger partial charge >= 0.3 is 23.9 Å². The van der Waals surface area contributed by atoms with Gasteiger partial charge in [0.25, 0.3) is 0 Å². The number of carbonyl (C=O) groups is 4. The van der Waals surface area contributed by atoms with Crippen molar-refractivity contribution < 1.29 is 58.2 Å². The van der Waals surface area contributed by atoms with Crippen LogP contribution in [0.1, 0.15) is 265 Å². The number of aliphatic hydroxyl groups is 2. The third-order valence-electron chi connectivity index (χ3n) is 14.1. The Hall–Kier alpha value is -4.36. The molecule has 0 aromatic heterocycles. The second kappa shape index (κ2) is 56.1. The van der Waals surface area contributed by atoms with Crippen molar-refractivity contribution in [1.82, 2.24) is 0 Å². The van der Waals surface area contributed by atoms with E-state index in [0.717, 1.165) is 103 Å². The Balaban J connectivity index is 2.70. The van der Waals surface area contributed by atoms with Gasteiger partial charge in [-0.3, -0.25) is 14.4 Å². The Bertz CT molecular complexity index is 1780. The van der Waals surface area contributed by atoms with Crippen LogP contribution in [0.5, 0.6) is 0 Å². The van der Waals surface area contributed by atoms with Gasteiger partial charge in [0, 0.05) is 12.8 Å². The molecule has 1 fully saturated rings. The molecule has 0 bridgehead atoms. The zero-order chi connectivity index (χ0) is 58.9. The second-order valence-corrected chi connectivity index (χ2v) is 21.7. The summed E-state index contributed by atoms with van der Waals surface area (Å²) in [6.07, 6.45) is 62.5. The number of allylic oxidation sites excluding steroid dienone is 15. The van der Waals surface area contributed by atoms with Gasteiger partial charge in [0.05, 0.1) is 13.0 Å². The monoisotopic (exact) mass is 1130 g/mol. The minimum absolute atomic E-state index is 0.0376. The number of ether oxygens (including phenoxy) is 5. The van der Waals surface area contributed by atoms with Crippen LogP contribution >= 0.6 is 0 Å². The second-order valence-electron chi connectivity index (χ2n) is 21.7. The van der Waals surface area contributed by atoms with Crippen molar-refractivity contribution in [2.45, 2.75) is 302 Å². The van der Waals surface area contributed by atoms with E-state index >= 15 is 0 Å². The van der Waals surface area contributed by atoms with E-state index in [4.69, 9.17) is 23.7 Å². The normalized spacial score (nSPS) is 18.4. The lowest BCUT2D eigenvalue weighted by Crippen LogP contribution is -2.61. The molecule has 1 aliphatic rings. The van der Waals surface area contributed by atoms with Crippen molar-refractivity contribution in [2.24, 2.45) is 0 Å². The third-order valence-corrected chi connectivity index (χ3v) is 14.1. The number of carboxylic acids is 1. The molecule has 0 saturated carbocycles. The first kappa shape index (κ1) is 74.7. The van der Waals surface area contributed by atoms with Crippen LogP contribution in [0.25, 0.3) is 0 Å². The molecule has 6 unspecified atom stereocenters. The number of carboxylic acid groups (broad SMARTS) is 1. The number of unbranched alkanes of at least 4 members (excludes halogenated alkanes) is 25. The van der Waals surface area contributed by atoms with Gasteiger partial charge in [-0.1, -0.05) is 240 Å². The van der Waals surface area contributed by atoms with E-state index in [1.807, 2.05) is 12.2 Å². The Morgan fingerprint density at radius 2 is 0.815 bits per heavy atom. The van der Waals surface area contributed by atoms with Crippen LogP contribution in [0.3, 0.4) is 0 Å². The van der Waals surface area contributed by atoms with E-state index in [-0.39, 0.29) is 25.9 Å². The molecule has 12 nitrogen and oxygen atoms in total. The molecule has 6 atom stereocenters. The van der Waals surface area contributed by atoms with E-state index in [9.17, 15) is 34.5 Å². The fourth-order valence-electron chi connectivity index (χ4n) is 9.23. The van der Waals surface area contributed by atoms with Crippen molar-refractivity contribution in [3.63, 3.8) is 0 Å². The van der Waals surface area contributed by atoms with Gasteiger partial charge in [0.15, 0.2) is 24.6 Å². The molecule has 1 saturated heterocycles. The van der Waals surface area contributed by atoms with Gasteiger partial charge in [-0.05, 0) is 103 Å². The number of hydrogen-bond donors (Lipinski definition) is 3. The molecule has 81 heavy (non-hydrogen) atoms. The summed E-state index contributed by atoms with van der Waals surface area (Å²) in [6, 6.07) is 0. The highest BCUT2D eigenvalue weighted by atomic mass is 16.7. The predicted octanol–water partition coefficient (Wildman–Crippen LogP) is 17.2. The van der Waals surface area contributed by atoms with E-state index in [0.29, 0.717) is 19.3 Å². The first-order chi connectivity index (χ1) is 39.6. The van der Waals surface area contributed by atoms with Gasteiger partial charge in [0.1, 0.15) is 18.8 Å². The van der Waals surface area contributed by atoms with Crippen LogP contribution in [0.2, 0.25) is 0 Å². The van der Waals surface area contributed by atoms with Crippen LogP contribution in [0.4, 0.5) is 0 Å². The average molecular weight is 1140 g/mol. The van der Waals surface area contributed by atoms with E-state index in [2.05, 4.69) is 99.8 Å². The molecule has 0 aromatic rings. The highest BCUT2D eigenvalue weighted by molar-refractivity contribution is 5.74. The van der Waals surface area contributed by atoms with Crippen LogP contribution in [-0.2, 0) is 42.9 Å². The number of hydrogen-bond acceptors (Lipinski definition) is 11. The molecule has 3 N–H and O–H groups in total. The highest BCUT2D eigenvalue weighted by Crippen LogP contribution is 2.26. The Labute approximate surface area is 492 Å². The number of rotatable bonds is 54. The van der Waals surface area contributed by atoms with Crippen molar-refractivity contribution in [1.29, 1.82) is 0 Å². The van der Waals surface area contributed by atoms with Crippen LogP contribution in [-0.4, -0.2) is 89.2 Å². The van der Waals surface area contributed by atoms with Gasteiger partial charge in [-0.15, -0.1) is 0 Å². The predicted molar refractivity (Wildman–Crippen MR) is 331 cm³/mol. The lowest BCUT2D eigenvalue weighted by atomic mass is 9.98. The van der Waals surface area contributed by atoms with Gasteiger partial charge in [0.2, 0.25) is 0 Å². The molecule has 1 aliphatic heterocycles. The van der Waals surface area contributed by atoms with E-state index in [1.54, 1.807) is 6.08 Å². The first-order valence-electron chi connectivity index (χ1n) is 32.2. The van der Waals surface area contributed by atoms with Gasteiger partial charge in [-0.2, -0.15) is 0 Å². The maximum atomic E-state index is 13.1. The Morgan fingerprint density at radius 3 is 1.28 bits per heavy atom. The molecule has 462 valence electrons. The van der Waals surface area contributed by atoms with Crippen LogP contribution in [0.15, 0.2) is 97.2 Å². The zero-order valence-corrected chi connectivity index (χ0v) is 51.0. The summed E-state index contributed by atoms with van der Waals surface area (Å²) in [6.45, 7) is 5.78. The lowest BCUT2D eigenvalue weighted by Gasteiger charge is -2.40. The smallest absolute Gasteiger partial charge is 0.335 e. The minimum Gasteiger partial charge on any atom is -0.479 e. The van der Waals surface area contributed by atoms with Crippen LogP contribution in [0, 0.1) is 0 Å². The van der Waals surface area contributed by atoms with Crippen molar-refractivity contribution >= 4 is 23.9 Å². The summed E-state index contributed by atoms with van der Waals surface area (Å²) in [4.78, 5) is 51.2. The molecular formula is C69H114O12. The molecule has 12 heteroatoms. The Morgan fingerprint density at radius 1 is 0.432 bits per heavy atom. The number of esters is 3. The van der Waals surface area contributed by atoms with Crippen LogP contribution < -0.4 is 0 Å². The lowest BCUT2D eigenvalue weighted by molar-refractivity contribution is -0.301. The fourth-order valence-corrected chi connectivity index (χ4v) is 9.23.